The molecule has 0 spiro atoms. The summed E-state index contributed by atoms with van der Waals surface area (Å²) in [7, 11) is 0. The van der Waals surface area contributed by atoms with Crippen molar-refractivity contribution in [2.24, 2.45) is 0 Å². The summed E-state index contributed by atoms with van der Waals surface area (Å²) in [5, 5.41) is 0. The highest BCUT2D eigenvalue weighted by atomic mass is 16.6. The maximum atomic E-state index is 12.7. The molecule has 1 atom stereocenters. The Hall–Kier alpha value is -1.59. The number of hydrogen-bond acceptors (Lipinski definition) is 6. The summed E-state index contributed by atoms with van der Waals surface area (Å²) in [5.41, 5.74) is 0. The van der Waals surface area contributed by atoms with Gasteiger partial charge in [-0.1, -0.05) is 252 Å². The summed E-state index contributed by atoms with van der Waals surface area (Å²) in [6, 6.07) is 0. The minimum atomic E-state index is -0.758. The molecule has 0 radical (unpaired) electrons. The van der Waals surface area contributed by atoms with Crippen LogP contribution in [0.4, 0.5) is 0 Å². The van der Waals surface area contributed by atoms with E-state index in [4.69, 9.17) is 14.2 Å². The zero-order valence-corrected chi connectivity index (χ0v) is 38.6. The number of carbonyl (C=O) groups excluding carboxylic acids is 3. The van der Waals surface area contributed by atoms with Crippen LogP contribution in [-0.4, -0.2) is 37.2 Å². The maximum Gasteiger partial charge on any atom is 0.306 e. The van der Waals surface area contributed by atoms with Crippen LogP contribution >= 0.6 is 0 Å². The van der Waals surface area contributed by atoms with Gasteiger partial charge in [-0.3, -0.25) is 14.4 Å². The Labute approximate surface area is 355 Å². The Kier molecular flexibility index (Phi) is 45.8. The van der Waals surface area contributed by atoms with Crippen molar-refractivity contribution in [1.29, 1.82) is 0 Å². The number of carbonyl (C=O) groups is 3. The van der Waals surface area contributed by atoms with Gasteiger partial charge < -0.3 is 14.2 Å². The molecule has 338 valence electrons. The van der Waals surface area contributed by atoms with E-state index in [2.05, 4.69) is 20.8 Å². The first kappa shape index (κ1) is 55.4. The summed E-state index contributed by atoms with van der Waals surface area (Å²) in [6.45, 7) is 6.64. The lowest BCUT2D eigenvalue weighted by Gasteiger charge is -2.18. The van der Waals surface area contributed by atoms with Crippen LogP contribution in [0.2, 0.25) is 0 Å². The minimum Gasteiger partial charge on any atom is -0.462 e. The standard InChI is InChI=1S/C51H98O6/c1-4-7-10-13-16-18-20-22-23-24-25-26-27-29-31-33-36-39-42-45-51(54)57-48(46-55-49(52)43-40-37-34-15-12-9-6-3)47-56-50(53)44-41-38-35-32-30-28-21-19-17-14-11-8-5-2/h48H,4-47H2,1-3H3/t48-/m1/s1. The largest absolute Gasteiger partial charge is 0.462 e. The third kappa shape index (κ3) is 45.3. The van der Waals surface area contributed by atoms with E-state index in [0.717, 1.165) is 57.8 Å². The molecule has 0 amide bonds. The second kappa shape index (κ2) is 47.1. The fourth-order valence-electron chi connectivity index (χ4n) is 7.74. The van der Waals surface area contributed by atoms with Crippen LogP contribution in [0.25, 0.3) is 0 Å². The topological polar surface area (TPSA) is 78.9 Å². The molecule has 0 saturated carbocycles. The molecule has 0 aliphatic rings. The summed E-state index contributed by atoms with van der Waals surface area (Å²) in [5.74, 6) is -0.850. The van der Waals surface area contributed by atoms with Gasteiger partial charge in [0.25, 0.3) is 0 Å². The maximum absolute atomic E-state index is 12.7. The Balaban J connectivity index is 4.17. The predicted molar refractivity (Wildman–Crippen MR) is 243 cm³/mol. The van der Waals surface area contributed by atoms with E-state index in [0.29, 0.717) is 19.3 Å². The molecule has 0 aromatic heterocycles. The third-order valence-corrected chi connectivity index (χ3v) is 11.6. The molecule has 57 heavy (non-hydrogen) atoms. The van der Waals surface area contributed by atoms with Crippen LogP contribution in [0, 0.1) is 0 Å². The van der Waals surface area contributed by atoms with Gasteiger partial charge in [0, 0.05) is 19.3 Å². The average Bonchev–Trinajstić information content (AvgIpc) is 3.21. The Morgan fingerprint density at radius 3 is 0.702 bits per heavy atom. The van der Waals surface area contributed by atoms with Crippen LogP contribution < -0.4 is 0 Å². The van der Waals surface area contributed by atoms with Crippen LogP contribution in [-0.2, 0) is 28.6 Å². The molecule has 0 bridgehead atoms. The van der Waals surface area contributed by atoms with Gasteiger partial charge in [-0.2, -0.15) is 0 Å². The molecule has 0 fully saturated rings. The Bertz CT molecular complexity index is 844. The van der Waals surface area contributed by atoms with Gasteiger partial charge in [0.15, 0.2) is 6.10 Å². The first-order valence-corrected chi connectivity index (χ1v) is 25.5. The van der Waals surface area contributed by atoms with E-state index in [1.807, 2.05) is 0 Å². The molecular formula is C51H98O6. The summed E-state index contributed by atoms with van der Waals surface area (Å²) < 4.78 is 16.7. The van der Waals surface area contributed by atoms with E-state index in [1.165, 1.54) is 193 Å². The first-order valence-electron chi connectivity index (χ1n) is 25.5. The van der Waals surface area contributed by atoms with Gasteiger partial charge in [-0.25, -0.2) is 0 Å². The fraction of sp³-hybridized carbons (Fsp3) is 0.941. The number of ether oxygens (including phenoxy) is 3. The van der Waals surface area contributed by atoms with Gasteiger partial charge in [0.2, 0.25) is 0 Å². The fourth-order valence-corrected chi connectivity index (χ4v) is 7.74. The number of unbranched alkanes of at least 4 members (excludes halogenated alkanes) is 36. The number of esters is 3. The monoisotopic (exact) mass is 807 g/mol. The highest BCUT2D eigenvalue weighted by Gasteiger charge is 2.19. The molecule has 0 aliphatic heterocycles. The average molecular weight is 807 g/mol. The quantitative estimate of drug-likeness (QED) is 0.0346. The molecule has 0 aromatic rings. The van der Waals surface area contributed by atoms with Gasteiger partial charge in [-0.05, 0) is 19.3 Å². The second-order valence-corrected chi connectivity index (χ2v) is 17.5. The van der Waals surface area contributed by atoms with Gasteiger partial charge in [0.05, 0.1) is 0 Å². The lowest BCUT2D eigenvalue weighted by atomic mass is 10.0. The normalized spacial score (nSPS) is 11.8. The van der Waals surface area contributed by atoms with Crippen LogP contribution in [0.15, 0.2) is 0 Å². The lowest BCUT2D eigenvalue weighted by molar-refractivity contribution is -0.167. The van der Waals surface area contributed by atoms with E-state index >= 15 is 0 Å². The predicted octanol–water partition coefficient (Wildman–Crippen LogP) is 16.4. The first-order chi connectivity index (χ1) is 28.0. The van der Waals surface area contributed by atoms with Crippen molar-refractivity contribution < 1.29 is 28.6 Å². The van der Waals surface area contributed by atoms with E-state index < -0.39 is 6.10 Å². The SMILES string of the molecule is CCCCCCCCCCCCCCCCCCCCCC(=O)O[C@H](COC(=O)CCCCCCCCC)COC(=O)CCCCCCCCCCCCCCC. The zero-order valence-electron chi connectivity index (χ0n) is 38.6. The smallest absolute Gasteiger partial charge is 0.306 e. The van der Waals surface area contributed by atoms with Gasteiger partial charge in [0.1, 0.15) is 13.2 Å². The van der Waals surface area contributed by atoms with Crippen molar-refractivity contribution in [2.75, 3.05) is 13.2 Å². The third-order valence-electron chi connectivity index (χ3n) is 11.6. The number of hydrogen-bond donors (Lipinski definition) is 0. The van der Waals surface area contributed by atoms with E-state index in [1.54, 1.807) is 0 Å². The summed E-state index contributed by atoms with van der Waals surface area (Å²) in [4.78, 5) is 37.7. The lowest BCUT2D eigenvalue weighted by Crippen LogP contribution is -2.30. The molecule has 0 aromatic carbocycles. The van der Waals surface area contributed by atoms with E-state index in [9.17, 15) is 14.4 Å². The molecule has 6 nitrogen and oxygen atoms in total. The molecule has 0 heterocycles. The molecule has 6 heteroatoms. The zero-order chi connectivity index (χ0) is 41.5. The Morgan fingerprint density at radius 2 is 0.474 bits per heavy atom. The van der Waals surface area contributed by atoms with Crippen LogP contribution in [0.1, 0.15) is 290 Å². The minimum absolute atomic E-state index is 0.0626. The number of rotatable bonds is 47. The summed E-state index contributed by atoms with van der Waals surface area (Å²) >= 11 is 0. The van der Waals surface area contributed by atoms with Crippen molar-refractivity contribution in [2.45, 2.75) is 297 Å². The summed E-state index contributed by atoms with van der Waals surface area (Å²) in [6.07, 6.45) is 49.6. The highest BCUT2D eigenvalue weighted by molar-refractivity contribution is 5.71. The molecule has 0 saturated heterocycles. The molecule has 0 aliphatic carbocycles. The van der Waals surface area contributed by atoms with Crippen molar-refractivity contribution in [3.05, 3.63) is 0 Å². The molecule has 0 rings (SSSR count). The molecule has 0 unspecified atom stereocenters. The second-order valence-electron chi connectivity index (χ2n) is 17.5. The van der Waals surface area contributed by atoms with Gasteiger partial charge in [-0.15, -0.1) is 0 Å². The van der Waals surface area contributed by atoms with Crippen LogP contribution in [0.5, 0.6) is 0 Å². The highest BCUT2D eigenvalue weighted by Crippen LogP contribution is 2.17. The van der Waals surface area contributed by atoms with E-state index in [-0.39, 0.29) is 31.1 Å². The van der Waals surface area contributed by atoms with Crippen molar-refractivity contribution in [3.8, 4) is 0 Å². The van der Waals surface area contributed by atoms with Crippen molar-refractivity contribution in [3.63, 3.8) is 0 Å². The molecular weight excluding hydrogens is 709 g/mol. The van der Waals surface area contributed by atoms with Crippen LogP contribution in [0.3, 0.4) is 0 Å². The van der Waals surface area contributed by atoms with Crippen molar-refractivity contribution in [1.82, 2.24) is 0 Å². The van der Waals surface area contributed by atoms with Crippen molar-refractivity contribution >= 4 is 17.9 Å². The van der Waals surface area contributed by atoms with Gasteiger partial charge >= 0.3 is 17.9 Å². The Morgan fingerprint density at radius 1 is 0.281 bits per heavy atom. The molecule has 0 N–H and O–H groups in total.